The van der Waals surface area contributed by atoms with Crippen LogP contribution in [0.25, 0.3) is 0 Å². The molecular formula is C14H13ClN2O2. The van der Waals surface area contributed by atoms with Crippen LogP contribution in [0, 0.1) is 0 Å². The molecule has 0 atom stereocenters. The molecule has 0 spiro atoms. The van der Waals surface area contributed by atoms with E-state index in [-0.39, 0.29) is 5.91 Å². The van der Waals surface area contributed by atoms with E-state index < -0.39 is 0 Å². The maximum atomic E-state index is 11.9. The van der Waals surface area contributed by atoms with Crippen molar-refractivity contribution in [2.24, 2.45) is 0 Å². The number of rotatable bonds is 4. The largest absolute Gasteiger partial charge is 0.496 e. The Balaban J connectivity index is 2.09. The Labute approximate surface area is 116 Å². The number of benzene rings is 1. The number of amides is 1. The molecule has 0 aliphatic heterocycles. The summed E-state index contributed by atoms with van der Waals surface area (Å²) in [5.41, 5.74) is 1.26. The zero-order chi connectivity index (χ0) is 13.7. The summed E-state index contributed by atoms with van der Waals surface area (Å²) < 4.78 is 5.22. The van der Waals surface area contributed by atoms with Crippen LogP contribution < -0.4 is 10.1 Å². The highest BCUT2D eigenvalue weighted by atomic mass is 35.5. The van der Waals surface area contributed by atoms with Crippen LogP contribution in [0.1, 0.15) is 15.9 Å². The highest BCUT2D eigenvalue weighted by Crippen LogP contribution is 2.25. The van der Waals surface area contributed by atoms with Crippen molar-refractivity contribution in [2.75, 3.05) is 7.11 Å². The van der Waals surface area contributed by atoms with Crippen molar-refractivity contribution < 1.29 is 9.53 Å². The van der Waals surface area contributed by atoms with Crippen molar-refractivity contribution in [3.05, 3.63) is 58.9 Å². The maximum absolute atomic E-state index is 11.9. The van der Waals surface area contributed by atoms with Gasteiger partial charge in [-0.15, -0.1) is 0 Å². The summed E-state index contributed by atoms with van der Waals surface area (Å²) in [6, 6.07) is 8.78. The molecule has 1 amide bonds. The predicted molar refractivity (Wildman–Crippen MR) is 73.4 cm³/mol. The summed E-state index contributed by atoms with van der Waals surface area (Å²) in [6.45, 7) is 0.302. The molecular weight excluding hydrogens is 264 g/mol. The highest BCUT2D eigenvalue weighted by molar-refractivity contribution is 6.31. The number of pyridine rings is 1. The Kier molecular flexibility index (Phi) is 4.36. The van der Waals surface area contributed by atoms with Gasteiger partial charge in [0.15, 0.2) is 0 Å². The van der Waals surface area contributed by atoms with Crippen molar-refractivity contribution in [2.45, 2.75) is 6.54 Å². The Bertz CT molecular complexity index is 573. The number of carbonyl (C=O) groups is 1. The normalized spacial score (nSPS) is 10.0. The Hall–Kier alpha value is -2.07. The Morgan fingerprint density at radius 1 is 1.37 bits per heavy atom. The molecule has 19 heavy (non-hydrogen) atoms. The molecule has 0 radical (unpaired) electrons. The molecule has 98 valence electrons. The molecule has 0 unspecified atom stereocenters. The molecule has 2 aromatic rings. The second-order valence-electron chi connectivity index (χ2n) is 3.85. The first-order chi connectivity index (χ1) is 9.22. The standard InChI is InChI=1S/C14H13ClN2O2/c1-19-13-6-2-5-12(15)11(13)9-17-14(18)10-4-3-7-16-8-10/h2-8H,9H2,1H3,(H,17,18). The van der Waals surface area contributed by atoms with Crippen molar-refractivity contribution in [3.63, 3.8) is 0 Å². The number of carbonyl (C=O) groups excluding carboxylic acids is 1. The van der Waals surface area contributed by atoms with Crippen LogP contribution in [0.5, 0.6) is 5.75 Å². The van der Waals surface area contributed by atoms with Gasteiger partial charge in [-0.3, -0.25) is 9.78 Å². The topological polar surface area (TPSA) is 51.2 Å². The van der Waals surface area contributed by atoms with Gasteiger partial charge < -0.3 is 10.1 Å². The summed E-state index contributed by atoms with van der Waals surface area (Å²) in [4.78, 5) is 15.8. The van der Waals surface area contributed by atoms with Crippen molar-refractivity contribution in [1.82, 2.24) is 10.3 Å². The third-order valence-corrected chi connectivity index (χ3v) is 3.00. The highest BCUT2D eigenvalue weighted by Gasteiger charge is 2.10. The van der Waals surface area contributed by atoms with Crippen LogP contribution in [0.3, 0.4) is 0 Å². The minimum absolute atomic E-state index is 0.199. The van der Waals surface area contributed by atoms with Crippen molar-refractivity contribution in [1.29, 1.82) is 0 Å². The zero-order valence-electron chi connectivity index (χ0n) is 10.4. The van der Waals surface area contributed by atoms with Crippen molar-refractivity contribution >= 4 is 17.5 Å². The molecule has 0 aliphatic rings. The minimum Gasteiger partial charge on any atom is -0.496 e. The number of aromatic nitrogens is 1. The van der Waals surface area contributed by atoms with E-state index in [1.54, 1.807) is 43.6 Å². The molecule has 0 fully saturated rings. The first-order valence-corrected chi connectivity index (χ1v) is 6.09. The van der Waals surface area contributed by atoms with Gasteiger partial charge in [-0.2, -0.15) is 0 Å². The quantitative estimate of drug-likeness (QED) is 0.934. The predicted octanol–water partition coefficient (Wildman–Crippen LogP) is 2.67. The monoisotopic (exact) mass is 276 g/mol. The molecule has 4 nitrogen and oxygen atoms in total. The van der Waals surface area contributed by atoms with Crippen molar-refractivity contribution in [3.8, 4) is 5.75 Å². The number of methoxy groups -OCH3 is 1. The lowest BCUT2D eigenvalue weighted by Gasteiger charge is -2.11. The molecule has 0 aliphatic carbocycles. The fourth-order valence-electron chi connectivity index (χ4n) is 1.67. The summed E-state index contributed by atoms with van der Waals surface area (Å²) in [5.74, 6) is 0.453. The van der Waals surface area contributed by atoms with E-state index in [2.05, 4.69) is 10.3 Å². The number of nitrogens with one attached hydrogen (secondary N) is 1. The van der Waals surface area contributed by atoms with Crippen LogP contribution in [0.4, 0.5) is 0 Å². The third-order valence-electron chi connectivity index (χ3n) is 2.65. The fourth-order valence-corrected chi connectivity index (χ4v) is 1.90. The smallest absolute Gasteiger partial charge is 0.253 e. The summed E-state index contributed by atoms with van der Waals surface area (Å²) in [5, 5.41) is 3.35. The average molecular weight is 277 g/mol. The van der Waals surface area contributed by atoms with Crippen LogP contribution in [0.2, 0.25) is 5.02 Å². The third kappa shape index (κ3) is 3.23. The van der Waals surface area contributed by atoms with Crippen LogP contribution in [-0.2, 0) is 6.54 Å². The van der Waals surface area contributed by atoms with Gasteiger partial charge in [0.25, 0.3) is 5.91 Å². The van der Waals surface area contributed by atoms with Gasteiger partial charge in [-0.25, -0.2) is 0 Å². The first-order valence-electron chi connectivity index (χ1n) is 5.72. The van der Waals surface area contributed by atoms with Gasteiger partial charge in [0.1, 0.15) is 5.75 Å². The van der Waals surface area contributed by atoms with Crippen LogP contribution >= 0.6 is 11.6 Å². The Morgan fingerprint density at radius 2 is 2.21 bits per heavy atom. The number of halogens is 1. The van der Waals surface area contributed by atoms with Gasteiger partial charge in [-0.05, 0) is 24.3 Å². The lowest BCUT2D eigenvalue weighted by Crippen LogP contribution is -2.23. The average Bonchev–Trinajstić information content (AvgIpc) is 2.46. The molecule has 5 heteroatoms. The number of hydrogen-bond donors (Lipinski definition) is 1. The summed E-state index contributed by atoms with van der Waals surface area (Å²) in [6.07, 6.45) is 3.13. The molecule has 2 rings (SSSR count). The van der Waals surface area contributed by atoms with E-state index in [1.165, 1.54) is 6.20 Å². The SMILES string of the molecule is COc1cccc(Cl)c1CNC(=O)c1cccnc1. The summed E-state index contributed by atoms with van der Waals surface area (Å²) >= 11 is 6.09. The lowest BCUT2D eigenvalue weighted by atomic mass is 10.2. The maximum Gasteiger partial charge on any atom is 0.253 e. The number of ether oxygens (including phenoxy) is 1. The van der Waals surface area contributed by atoms with E-state index >= 15 is 0 Å². The molecule has 0 bridgehead atoms. The van der Waals surface area contributed by atoms with Gasteiger partial charge in [-0.1, -0.05) is 17.7 Å². The van der Waals surface area contributed by atoms with Crippen LogP contribution in [0.15, 0.2) is 42.7 Å². The summed E-state index contributed by atoms with van der Waals surface area (Å²) in [7, 11) is 1.57. The second kappa shape index (κ2) is 6.20. The van der Waals surface area contributed by atoms with Gasteiger partial charge in [0.2, 0.25) is 0 Å². The first kappa shape index (κ1) is 13.4. The minimum atomic E-state index is -0.199. The number of nitrogens with zero attached hydrogens (tertiary/aromatic N) is 1. The zero-order valence-corrected chi connectivity index (χ0v) is 11.1. The van der Waals surface area contributed by atoms with Gasteiger partial charge >= 0.3 is 0 Å². The van der Waals surface area contributed by atoms with E-state index in [4.69, 9.17) is 16.3 Å². The van der Waals surface area contributed by atoms with E-state index in [1.807, 2.05) is 0 Å². The van der Waals surface area contributed by atoms with Gasteiger partial charge in [0, 0.05) is 29.5 Å². The fraction of sp³-hybridized carbons (Fsp3) is 0.143. The number of hydrogen-bond acceptors (Lipinski definition) is 3. The van der Waals surface area contributed by atoms with Gasteiger partial charge in [0.05, 0.1) is 12.7 Å². The van der Waals surface area contributed by atoms with E-state index in [0.29, 0.717) is 22.9 Å². The molecule has 1 heterocycles. The van der Waals surface area contributed by atoms with E-state index in [9.17, 15) is 4.79 Å². The molecule has 1 aromatic heterocycles. The molecule has 1 N–H and O–H groups in total. The van der Waals surface area contributed by atoms with E-state index in [0.717, 1.165) is 5.56 Å². The van der Waals surface area contributed by atoms with Crippen LogP contribution in [-0.4, -0.2) is 18.0 Å². The lowest BCUT2D eigenvalue weighted by molar-refractivity contribution is 0.0950. The second-order valence-corrected chi connectivity index (χ2v) is 4.25. The molecule has 1 aromatic carbocycles. The molecule has 0 saturated heterocycles. The Morgan fingerprint density at radius 3 is 2.89 bits per heavy atom. The molecule has 0 saturated carbocycles.